The van der Waals surface area contributed by atoms with Gasteiger partial charge in [0.15, 0.2) is 17.3 Å². The Morgan fingerprint density at radius 3 is 2.47 bits per heavy atom. The molecular formula is C15H12F2O2. The number of hydrogen-bond acceptors (Lipinski definition) is 2. The maximum absolute atomic E-state index is 14.0. The lowest BCUT2D eigenvalue weighted by Crippen LogP contribution is -2.07. The van der Waals surface area contributed by atoms with Crippen molar-refractivity contribution in [1.29, 1.82) is 0 Å². The van der Waals surface area contributed by atoms with Crippen LogP contribution in [0.1, 0.15) is 21.5 Å². The summed E-state index contributed by atoms with van der Waals surface area (Å²) in [4.78, 5) is 12.1. The van der Waals surface area contributed by atoms with E-state index in [0.29, 0.717) is 5.56 Å². The van der Waals surface area contributed by atoms with E-state index in [-0.39, 0.29) is 16.9 Å². The van der Waals surface area contributed by atoms with Crippen molar-refractivity contribution in [3.63, 3.8) is 0 Å². The lowest BCUT2D eigenvalue weighted by atomic mass is 10.0. The molecule has 0 spiro atoms. The molecule has 2 aromatic carbocycles. The van der Waals surface area contributed by atoms with Crippen LogP contribution in [0.25, 0.3) is 0 Å². The minimum atomic E-state index is -0.782. The van der Waals surface area contributed by atoms with Gasteiger partial charge in [0, 0.05) is 0 Å². The van der Waals surface area contributed by atoms with Gasteiger partial charge < -0.3 is 4.74 Å². The van der Waals surface area contributed by atoms with Gasteiger partial charge >= 0.3 is 0 Å². The van der Waals surface area contributed by atoms with Crippen LogP contribution < -0.4 is 4.74 Å². The van der Waals surface area contributed by atoms with Crippen molar-refractivity contribution in [2.75, 3.05) is 7.11 Å². The van der Waals surface area contributed by atoms with Crippen LogP contribution in [0.3, 0.4) is 0 Å². The normalized spacial score (nSPS) is 10.3. The zero-order valence-electron chi connectivity index (χ0n) is 10.5. The largest absolute Gasteiger partial charge is 0.494 e. The van der Waals surface area contributed by atoms with Crippen molar-refractivity contribution in [1.82, 2.24) is 0 Å². The highest BCUT2D eigenvalue weighted by Crippen LogP contribution is 2.23. The zero-order valence-corrected chi connectivity index (χ0v) is 10.5. The molecule has 19 heavy (non-hydrogen) atoms. The highest BCUT2D eigenvalue weighted by Gasteiger charge is 2.19. The average Bonchev–Trinajstić information content (AvgIpc) is 2.38. The number of ketones is 1. The Hall–Kier alpha value is -2.23. The molecule has 2 aromatic rings. The van der Waals surface area contributed by atoms with Crippen LogP contribution >= 0.6 is 0 Å². The van der Waals surface area contributed by atoms with Crippen molar-refractivity contribution in [3.8, 4) is 5.75 Å². The van der Waals surface area contributed by atoms with Gasteiger partial charge in [0.05, 0.1) is 18.2 Å². The van der Waals surface area contributed by atoms with Crippen LogP contribution in [0.15, 0.2) is 36.4 Å². The standard InChI is InChI=1S/C15H12F2O2/c1-9-6-7-10(12(16)8-9)15(18)11-4-3-5-13(19-2)14(11)17/h3-8H,1-2H3. The van der Waals surface area contributed by atoms with E-state index in [0.717, 1.165) is 0 Å². The highest BCUT2D eigenvalue weighted by molar-refractivity contribution is 6.09. The predicted octanol–water partition coefficient (Wildman–Crippen LogP) is 3.51. The molecule has 0 amide bonds. The van der Waals surface area contributed by atoms with E-state index < -0.39 is 17.4 Å². The van der Waals surface area contributed by atoms with E-state index in [1.807, 2.05) is 0 Å². The van der Waals surface area contributed by atoms with Gasteiger partial charge in [0.2, 0.25) is 0 Å². The topological polar surface area (TPSA) is 26.3 Å². The van der Waals surface area contributed by atoms with E-state index in [2.05, 4.69) is 0 Å². The maximum atomic E-state index is 14.0. The van der Waals surface area contributed by atoms with Gasteiger partial charge in [-0.25, -0.2) is 8.78 Å². The van der Waals surface area contributed by atoms with E-state index in [4.69, 9.17) is 4.74 Å². The Kier molecular flexibility index (Phi) is 3.60. The number of benzene rings is 2. The van der Waals surface area contributed by atoms with Crippen molar-refractivity contribution < 1.29 is 18.3 Å². The van der Waals surface area contributed by atoms with Crippen LogP contribution in [0, 0.1) is 18.6 Å². The first-order valence-electron chi connectivity index (χ1n) is 5.68. The predicted molar refractivity (Wildman–Crippen MR) is 67.5 cm³/mol. The second-order valence-electron chi connectivity index (χ2n) is 4.13. The number of rotatable bonds is 3. The summed E-state index contributed by atoms with van der Waals surface area (Å²) < 4.78 is 32.5. The number of methoxy groups -OCH3 is 1. The molecule has 0 saturated carbocycles. The molecule has 0 N–H and O–H groups in total. The Balaban J connectivity index is 2.50. The molecule has 98 valence electrons. The summed E-state index contributed by atoms with van der Waals surface area (Å²) in [5, 5.41) is 0. The summed E-state index contributed by atoms with van der Waals surface area (Å²) in [6.07, 6.45) is 0. The van der Waals surface area contributed by atoms with Crippen molar-refractivity contribution in [2.24, 2.45) is 0 Å². The van der Waals surface area contributed by atoms with Crippen LogP contribution in [-0.4, -0.2) is 12.9 Å². The van der Waals surface area contributed by atoms with Crippen LogP contribution in [0.4, 0.5) is 8.78 Å². The third-order valence-electron chi connectivity index (χ3n) is 2.80. The molecule has 0 radical (unpaired) electrons. The zero-order chi connectivity index (χ0) is 14.0. The lowest BCUT2D eigenvalue weighted by Gasteiger charge is -2.07. The SMILES string of the molecule is COc1cccc(C(=O)c2ccc(C)cc2F)c1F. The number of hydrogen-bond donors (Lipinski definition) is 0. The van der Waals surface area contributed by atoms with Gasteiger partial charge in [-0.15, -0.1) is 0 Å². The fourth-order valence-corrected chi connectivity index (χ4v) is 1.79. The fraction of sp³-hybridized carbons (Fsp3) is 0.133. The maximum Gasteiger partial charge on any atom is 0.199 e. The third kappa shape index (κ3) is 2.47. The number of carbonyl (C=O) groups excluding carboxylic acids is 1. The molecule has 0 bridgehead atoms. The molecule has 0 heterocycles. The highest BCUT2D eigenvalue weighted by atomic mass is 19.1. The smallest absolute Gasteiger partial charge is 0.199 e. The lowest BCUT2D eigenvalue weighted by molar-refractivity contribution is 0.103. The minimum Gasteiger partial charge on any atom is -0.494 e. The molecule has 0 saturated heterocycles. The molecule has 2 rings (SSSR count). The van der Waals surface area contributed by atoms with E-state index >= 15 is 0 Å². The molecule has 0 atom stereocenters. The second kappa shape index (κ2) is 5.18. The van der Waals surface area contributed by atoms with Gasteiger partial charge in [-0.1, -0.05) is 12.1 Å². The molecule has 0 aliphatic rings. The van der Waals surface area contributed by atoms with E-state index in [9.17, 15) is 13.6 Å². The van der Waals surface area contributed by atoms with Crippen molar-refractivity contribution in [2.45, 2.75) is 6.92 Å². The molecular weight excluding hydrogens is 250 g/mol. The van der Waals surface area contributed by atoms with E-state index in [1.54, 1.807) is 13.0 Å². The number of carbonyl (C=O) groups is 1. The van der Waals surface area contributed by atoms with Crippen molar-refractivity contribution in [3.05, 3.63) is 64.7 Å². The Morgan fingerprint density at radius 2 is 1.84 bits per heavy atom. The first kappa shape index (κ1) is 13.2. The summed E-state index contributed by atoms with van der Waals surface area (Å²) in [5.74, 6) is -2.19. The van der Waals surface area contributed by atoms with Crippen LogP contribution in [0.2, 0.25) is 0 Å². The molecule has 0 fully saturated rings. The monoisotopic (exact) mass is 262 g/mol. The van der Waals surface area contributed by atoms with Gasteiger partial charge in [-0.3, -0.25) is 4.79 Å². The van der Waals surface area contributed by atoms with Crippen LogP contribution in [0.5, 0.6) is 5.75 Å². The first-order valence-corrected chi connectivity index (χ1v) is 5.68. The van der Waals surface area contributed by atoms with Gasteiger partial charge in [-0.2, -0.15) is 0 Å². The molecule has 0 unspecified atom stereocenters. The second-order valence-corrected chi connectivity index (χ2v) is 4.13. The van der Waals surface area contributed by atoms with Gasteiger partial charge in [0.25, 0.3) is 0 Å². The summed E-state index contributed by atoms with van der Waals surface area (Å²) in [5.41, 5.74) is 0.333. The minimum absolute atomic E-state index is 0.0432. The van der Waals surface area contributed by atoms with Crippen LogP contribution in [-0.2, 0) is 0 Å². The Morgan fingerprint density at radius 1 is 1.11 bits per heavy atom. The van der Waals surface area contributed by atoms with E-state index in [1.165, 1.54) is 37.4 Å². The third-order valence-corrected chi connectivity index (χ3v) is 2.80. The average molecular weight is 262 g/mol. The Labute approximate surface area is 109 Å². The first-order chi connectivity index (χ1) is 9.04. The van der Waals surface area contributed by atoms with Gasteiger partial charge in [-0.05, 0) is 36.8 Å². The summed E-state index contributed by atoms with van der Waals surface area (Å²) >= 11 is 0. The summed E-state index contributed by atoms with van der Waals surface area (Å²) in [7, 11) is 1.30. The summed E-state index contributed by atoms with van der Waals surface area (Å²) in [6.45, 7) is 1.71. The fourth-order valence-electron chi connectivity index (χ4n) is 1.79. The molecule has 0 aliphatic carbocycles. The number of ether oxygens (including phenoxy) is 1. The molecule has 2 nitrogen and oxygen atoms in total. The molecule has 4 heteroatoms. The van der Waals surface area contributed by atoms with Gasteiger partial charge in [0.1, 0.15) is 5.82 Å². The molecule has 0 aromatic heterocycles. The quantitative estimate of drug-likeness (QED) is 0.791. The summed E-state index contributed by atoms with van der Waals surface area (Å²) in [6, 6.07) is 8.39. The van der Waals surface area contributed by atoms with Crippen molar-refractivity contribution >= 4 is 5.78 Å². The number of halogens is 2. The Bertz CT molecular complexity index is 636. The number of aryl methyl sites for hydroxylation is 1. The molecule has 0 aliphatic heterocycles.